The fourth-order valence-corrected chi connectivity index (χ4v) is 1.40. The van der Waals surface area contributed by atoms with Crippen LogP contribution in [0.3, 0.4) is 0 Å². The lowest BCUT2D eigenvalue weighted by Gasteiger charge is -2.02. The van der Waals surface area contributed by atoms with Crippen LogP contribution in [0.15, 0.2) is 12.1 Å². The Labute approximate surface area is 96.4 Å². The number of nitriles is 1. The van der Waals surface area contributed by atoms with Crippen LogP contribution in [0.2, 0.25) is 0 Å². The predicted octanol–water partition coefficient (Wildman–Crippen LogP) is 2.20. The number of carbonyl (C=O) groups excluding carboxylic acids is 1. The van der Waals surface area contributed by atoms with Crippen molar-refractivity contribution < 1.29 is 9.72 Å². The summed E-state index contributed by atoms with van der Waals surface area (Å²) in [4.78, 5) is 21.4. The second-order valence-corrected chi connectivity index (χ2v) is 3.36. The molecule has 1 aromatic carbocycles. The maximum absolute atomic E-state index is 11.3. The first-order chi connectivity index (χ1) is 7.51. The van der Waals surface area contributed by atoms with E-state index in [9.17, 15) is 14.9 Å². The highest BCUT2D eigenvalue weighted by atomic mass is 35.5. The van der Waals surface area contributed by atoms with Crippen molar-refractivity contribution in [1.29, 1.82) is 5.26 Å². The highest BCUT2D eigenvalue weighted by Crippen LogP contribution is 2.23. The Balaban J connectivity index is 3.47. The molecule has 0 unspecified atom stereocenters. The zero-order valence-electron chi connectivity index (χ0n) is 8.36. The summed E-state index contributed by atoms with van der Waals surface area (Å²) < 4.78 is 0. The fourth-order valence-electron chi connectivity index (χ4n) is 1.24. The van der Waals surface area contributed by atoms with Crippen LogP contribution in [0, 0.1) is 28.4 Å². The first kappa shape index (κ1) is 12.1. The van der Waals surface area contributed by atoms with Gasteiger partial charge < -0.3 is 0 Å². The molecule has 0 aromatic heterocycles. The van der Waals surface area contributed by atoms with Gasteiger partial charge in [0.1, 0.15) is 0 Å². The molecule has 16 heavy (non-hydrogen) atoms. The van der Waals surface area contributed by atoms with Crippen molar-refractivity contribution in [2.75, 3.05) is 5.88 Å². The number of nitrogens with zero attached hydrogens (tertiary/aromatic N) is 2. The van der Waals surface area contributed by atoms with E-state index in [0.29, 0.717) is 0 Å². The number of Topliss-reactive ketones (excluding diaryl/α,β-unsaturated/α-hetero) is 1. The van der Waals surface area contributed by atoms with Crippen LogP contribution in [0.25, 0.3) is 0 Å². The molecule has 0 saturated heterocycles. The smallest absolute Gasteiger partial charge is 0.274 e. The number of ketones is 1. The van der Waals surface area contributed by atoms with Crippen LogP contribution >= 0.6 is 11.6 Å². The van der Waals surface area contributed by atoms with E-state index >= 15 is 0 Å². The maximum atomic E-state index is 11.3. The number of nitro groups is 1. The van der Waals surface area contributed by atoms with E-state index in [1.165, 1.54) is 13.0 Å². The van der Waals surface area contributed by atoms with Crippen molar-refractivity contribution in [3.63, 3.8) is 0 Å². The van der Waals surface area contributed by atoms with E-state index in [4.69, 9.17) is 16.9 Å². The first-order valence-electron chi connectivity index (χ1n) is 4.29. The van der Waals surface area contributed by atoms with Gasteiger partial charge in [-0.1, -0.05) is 0 Å². The van der Waals surface area contributed by atoms with Crippen molar-refractivity contribution in [3.8, 4) is 6.07 Å². The van der Waals surface area contributed by atoms with Gasteiger partial charge in [0, 0.05) is 17.2 Å². The summed E-state index contributed by atoms with van der Waals surface area (Å²) in [6.07, 6.45) is 0. The van der Waals surface area contributed by atoms with Crippen LogP contribution in [-0.2, 0) is 0 Å². The number of hydrogen-bond donors (Lipinski definition) is 0. The Morgan fingerprint density at radius 1 is 1.62 bits per heavy atom. The van der Waals surface area contributed by atoms with Crippen molar-refractivity contribution >= 4 is 23.1 Å². The lowest BCUT2D eigenvalue weighted by atomic mass is 10.0. The molecular formula is C10H7ClN2O3. The summed E-state index contributed by atoms with van der Waals surface area (Å²) in [6, 6.07) is 4.26. The number of alkyl halides is 1. The molecule has 0 atom stereocenters. The summed E-state index contributed by atoms with van der Waals surface area (Å²) in [7, 11) is 0. The molecule has 5 nitrogen and oxygen atoms in total. The predicted molar refractivity (Wildman–Crippen MR) is 57.6 cm³/mol. The lowest BCUT2D eigenvalue weighted by molar-refractivity contribution is -0.385. The molecule has 0 aliphatic heterocycles. The highest BCUT2D eigenvalue weighted by molar-refractivity contribution is 6.30. The third kappa shape index (κ3) is 2.18. The number of rotatable bonds is 3. The Bertz CT molecular complexity index is 506. The summed E-state index contributed by atoms with van der Waals surface area (Å²) in [6.45, 7) is 1.46. The van der Waals surface area contributed by atoms with Gasteiger partial charge in [0.25, 0.3) is 5.69 Å². The minimum Gasteiger partial charge on any atom is -0.293 e. The standard InChI is InChI=1S/C10H7ClN2O3/c1-6-8(5-12)2-7(10(14)4-11)3-9(6)13(15)16/h2-3H,4H2,1H3. The second-order valence-electron chi connectivity index (χ2n) is 3.09. The van der Waals surface area contributed by atoms with Crippen molar-refractivity contribution in [2.24, 2.45) is 0 Å². The molecule has 0 heterocycles. The van der Waals surface area contributed by atoms with E-state index in [2.05, 4.69) is 0 Å². The van der Waals surface area contributed by atoms with Crippen LogP contribution in [0.5, 0.6) is 0 Å². The zero-order chi connectivity index (χ0) is 12.3. The Morgan fingerprint density at radius 2 is 2.25 bits per heavy atom. The summed E-state index contributed by atoms with van der Waals surface area (Å²) in [5.41, 5.74) is 0.206. The van der Waals surface area contributed by atoms with Gasteiger partial charge in [0.2, 0.25) is 0 Å². The number of benzene rings is 1. The van der Waals surface area contributed by atoms with Crippen LogP contribution < -0.4 is 0 Å². The second kappa shape index (κ2) is 4.73. The van der Waals surface area contributed by atoms with E-state index < -0.39 is 10.7 Å². The van der Waals surface area contributed by atoms with E-state index in [-0.39, 0.29) is 28.3 Å². The van der Waals surface area contributed by atoms with Crippen LogP contribution in [0.1, 0.15) is 21.5 Å². The summed E-state index contributed by atoms with van der Waals surface area (Å²) in [5.74, 6) is -0.716. The van der Waals surface area contributed by atoms with Crippen LogP contribution in [0.4, 0.5) is 5.69 Å². The van der Waals surface area contributed by atoms with Gasteiger partial charge in [-0.2, -0.15) is 5.26 Å². The van der Waals surface area contributed by atoms with E-state index in [0.717, 1.165) is 6.07 Å². The molecule has 0 radical (unpaired) electrons. The number of carbonyl (C=O) groups is 1. The largest absolute Gasteiger partial charge is 0.293 e. The van der Waals surface area contributed by atoms with E-state index in [1.54, 1.807) is 0 Å². The SMILES string of the molecule is Cc1c(C#N)cc(C(=O)CCl)cc1[N+](=O)[O-]. The highest BCUT2D eigenvalue weighted by Gasteiger charge is 2.18. The average Bonchev–Trinajstić information content (AvgIpc) is 2.27. The third-order valence-corrected chi connectivity index (χ3v) is 2.38. The number of nitro benzene ring substituents is 1. The molecule has 1 aromatic rings. The maximum Gasteiger partial charge on any atom is 0.274 e. The quantitative estimate of drug-likeness (QED) is 0.350. The monoisotopic (exact) mass is 238 g/mol. The summed E-state index contributed by atoms with van der Waals surface area (Å²) in [5, 5.41) is 19.5. The molecule has 0 N–H and O–H groups in total. The number of hydrogen-bond acceptors (Lipinski definition) is 4. The molecule has 6 heteroatoms. The molecule has 0 spiro atoms. The molecule has 0 saturated carbocycles. The van der Waals surface area contributed by atoms with Gasteiger partial charge in [-0.05, 0) is 13.0 Å². The minimum atomic E-state index is -0.624. The lowest BCUT2D eigenvalue weighted by Crippen LogP contribution is -2.04. The van der Waals surface area contributed by atoms with Crippen molar-refractivity contribution in [3.05, 3.63) is 38.9 Å². The van der Waals surface area contributed by atoms with Gasteiger partial charge in [0.15, 0.2) is 5.78 Å². The molecule has 0 amide bonds. The van der Waals surface area contributed by atoms with Gasteiger partial charge in [-0.3, -0.25) is 14.9 Å². The van der Waals surface area contributed by atoms with E-state index in [1.807, 2.05) is 6.07 Å². The van der Waals surface area contributed by atoms with Crippen molar-refractivity contribution in [2.45, 2.75) is 6.92 Å². The third-order valence-electron chi connectivity index (χ3n) is 2.14. The first-order valence-corrected chi connectivity index (χ1v) is 4.83. The molecular weight excluding hydrogens is 232 g/mol. The van der Waals surface area contributed by atoms with Crippen LogP contribution in [-0.4, -0.2) is 16.6 Å². The molecule has 0 fully saturated rings. The fraction of sp³-hybridized carbons (Fsp3) is 0.200. The topological polar surface area (TPSA) is 84.0 Å². The van der Waals surface area contributed by atoms with Gasteiger partial charge in [-0.25, -0.2) is 0 Å². The van der Waals surface area contributed by atoms with Gasteiger partial charge in [0.05, 0.1) is 22.4 Å². The molecule has 0 bridgehead atoms. The average molecular weight is 239 g/mol. The molecule has 82 valence electrons. The Kier molecular flexibility index (Phi) is 3.59. The number of halogens is 1. The van der Waals surface area contributed by atoms with Gasteiger partial charge >= 0.3 is 0 Å². The summed E-state index contributed by atoms with van der Waals surface area (Å²) >= 11 is 5.35. The molecule has 0 aliphatic rings. The normalized spacial score (nSPS) is 9.56. The molecule has 1 rings (SSSR count). The Morgan fingerprint density at radius 3 is 2.69 bits per heavy atom. The van der Waals surface area contributed by atoms with Crippen molar-refractivity contribution in [1.82, 2.24) is 0 Å². The Hall–Kier alpha value is -1.93. The minimum absolute atomic E-state index is 0.0869. The van der Waals surface area contributed by atoms with Gasteiger partial charge in [-0.15, -0.1) is 11.6 Å². The zero-order valence-corrected chi connectivity index (χ0v) is 9.11. The molecule has 0 aliphatic carbocycles.